The maximum absolute atomic E-state index is 15.5. The largest absolute Gasteiger partial charge is 0.378 e. The highest BCUT2D eigenvalue weighted by molar-refractivity contribution is 6.30. The smallest absolute Gasteiger partial charge is 0.293 e. The second-order valence-electron chi connectivity index (χ2n) is 13.3. The van der Waals surface area contributed by atoms with Gasteiger partial charge in [-0.15, -0.1) is 10.2 Å². The number of benzene rings is 1. The van der Waals surface area contributed by atoms with E-state index in [1.54, 1.807) is 12.1 Å². The molecule has 4 N–H and O–H groups in total. The molecule has 0 bridgehead atoms. The number of aliphatic hydroxyl groups is 1. The van der Waals surface area contributed by atoms with E-state index < -0.39 is 71.3 Å². The van der Waals surface area contributed by atoms with Gasteiger partial charge in [0.15, 0.2) is 5.65 Å². The Hall–Kier alpha value is -5.14. The highest BCUT2D eigenvalue weighted by Crippen LogP contribution is 2.63. The number of nitrogen functional groups attached to an aromatic ring is 1. The number of fused-ring (bicyclic) bond motifs is 4. The van der Waals surface area contributed by atoms with E-state index in [1.807, 2.05) is 0 Å². The van der Waals surface area contributed by atoms with Crippen molar-refractivity contribution in [1.82, 2.24) is 34.7 Å². The molecule has 270 valence electrons. The van der Waals surface area contributed by atoms with E-state index in [0.29, 0.717) is 28.3 Å². The first-order chi connectivity index (χ1) is 24.5. The molecule has 17 heteroatoms. The van der Waals surface area contributed by atoms with Gasteiger partial charge in [-0.1, -0.05) is 17.5 Å². The summed E-state index contributed by atoms with van der Waals surface area (Å²) >= 11 is 6.37. The molecule has 1 saturated carbocycles. The number of rotatable bonds is 8. The lowest BCUT2D eigenvalue weighted by Crippen LogP contribution is -2.36. The number of hydrogen-bond acceptors (Lipinski definition) is 7. The molecule has 52 heavy (non-hydrogen) atoms. The molecule has 4 aromatic heterocycles. The summed E-state index contributed by atoms with van der Waals surface area (Å²) in [5.74, 6) is -2.80. The molecule has 3 atom stereocenters. The van der Waals surface area contributed by atoms with Crippen molar-refractivity contribution < 1.29 is 36.2 Å². The van der Waals surface area contributed by atoms with Crippen LogP contribution < -0.4 is 11.1 Å². The summed E-state index contributed by atoms with van der Waals surface area (Å²) in [5.41, 5.74) is 4.01. The maximum atomic E-state index is 15.5. The van der Waals surface area contributed by atoms with Gasteiger partial charge in [-0.3, -0.25) is 13.9 Å². The van der Waals surface area contributed by atoms with E-state index in [4.69, 9.17) is 17.3 Å². The Bertz CT molecular complexity index is 2290. The topological polar surface area (TPSA) is 136 Å². The first-order valence-electron chi connectivity index (χ1n) is 16.1. The number of nitrogens with two attached hydrogens (primary N) is 1. The van der Waals surface area contributed by atoms with Gasteiger partial charge in [0.1, 0.15) is 46.0 Å². The number of anilines is 1. The van der Waals surface area contributed by atoms with Crippen molar-refractivity contribution >= 4 is 29.1 Å². The molecular weight excluding hydrogens is 714 g/mol. The standard InChI is InChI=1S/C35H29ClF6N8O2/c1-34(2,52)10-9-19-3-4-20(21-6-8-25(36)50-32(21)46-47-33(50)43)28(44-19)24(13-16-11-17(37)14-18(38)12-16)45-26(51)15-49-30-27(29(48-49)31(39)40)22-5-7-23(22)35(30,41)42/h3-4,6,8,11-12,14,22-24,31,52H,5,7,13,15H2,1-2H3,(H2,43,47)(H,45,51)/t22-,23+,24-/m0/s1. The van der Waals surface area contributed by atoms with Crippen LogP contribution in [0.4, 0.5) is 32.3 Å². The summed E-state index contributed by atoms with van der Waals surface area (Å²) in [6.07, 6.45) is -3.00. The summed E-state index contributed by atoms with van der Waals surface area (Å²) < 4.78 is 90.0. The third-order valence-corrected chi connectivity index (χ3v) is 9.51. The van der Waals surface area contributed by atoms with Gasteiger partial charge in [0, 0.05) is 28.7 Å². The van der Waals surface area contributed by atoms with Crippen molar-refractivity contribution in [2.45, 2.75) is 69.6 Å². The van der Waals surface area contributed by atoms with Gasteiger partial charge in [0.25, 0.3) is 12.3 Å². The predicted molar refractivity (Wildman–Crippen MR) is 176 cm³/mol. The van der Waals surface area contributed by atoms with Crippen molar-refractivity contribution in [1.29, 1.82) is 0 Å². The Labute approximate surface area is 297 Å². The lowest BCUT2D eigenvalue weighted by molar-refractivity contribution is -0.123. The van der Waals surface area contributed by atoms with Crippen molar-refractivity contribution in [2.24, 2.45) is 5.92 Å². The molecule has 0 saturated heterocycles. The minimum atomic E-state index is -3.49. The normalized spacial score (nSPS) is 18.1. The molecule has 4 heterocycles. The highest BCUT2D eigenvalue weighted by Gasteiger charge is 2.62. The van der Waals surface area contributed by atoms with Crippen LogP contribution in [-0.4, -0.2) is 46.0 Å². The molecular formula is C35H29ClF6N8O2. The molecule has 10 nitrogen and oxygen atoms in total. The van der Waals surface area contributed by atoms with Crippen LogP contribution in [0.15, 0.2) is 42.5 Å². The number of alkyl halides is 4. The summed E-state index contributed by atoms with van der Waals surface area (Å²) in [7, 11) is 0. The zero-order valence-corrected chi connectivity index (χ0v) is 28.2. The van der Waals surface area contributed by atoms with Gasteiger partial charge >= 0.3 is 0 Å². The molecule has 2 aliphatic carbocycles. The van der Waals surface area contributed by atoms with Crippen molar-refractivity contribution in [2.75, 3.05) is 5.73 Å². The predicted octanol–water partition coefficient (Wildman–Crippen LogP) is 6.26. The van der Waals surface area contributed by atoms with Crippen molar-refractivity contribution in [3.63, 3.8) is 0 Å². The number of nitrogens with zero attached hydrogens (tertiary/aromatic N) is 6. The van der Waals surface area contributed by atoms with E-state index in [9.17, 15) is 27.5 Å². The fourth-order valence-electron chi connectivity index (χ4n) is 6.95. The van der Waals surface area contributed by atoms with Gasteiger partial charge in [-0.05, 0) is 86.9 Å². The SMILES string of the molecule is CC(C)(O)C#Cc1ccc(-c2ccc(Cl)n3c(N)nnc23)c([C@H](Cc2cc(F)cc(F)c2)NC(=O)Cn2nc(C(F)F)c3c2C(F)(F)[C@@H]2CC[C@H]32)n1. The van der Waals surface area contributed by atoms with Gasteiger partial charge in [-0.25, -0.2) is 22.5 Å². The van der Waals surface area contributed by atoms with Gasteiger partial charge in [-0.2, -0.15) is 13.9 Å². The van der Waals surface area contributed by atoms with Gasteiger partial charge in [0.2, 0.25) is 11.9 Å². The fourth-order valence-corrected chi connectivity index (χ4v) is 7.18. The van der Waals surface area contributed by atoms with E-state index in [2.05, 4.69) is 37.4 Å². The summed E-state index contributed by atoms with van der Waals surface area (Å²) in [4.78, 5) is 18.5. The van der Waals surface area contributed by atoms with Crippen LogP contribution in [0.2, 0.25) is 5.15 Å². The Balaban J connectivity index is 1.35. The fraction of sp³-hybridized carbons (Fsp3) is 0.343. The van der Waals surface area contributed by atoms with E-state index in [0.717, 1.165) is 12.1 Å². The maximum Gasteiger partial charge on any atom is 0.293 e. The summed E-state index contributed by atoms with van der Waals surface area (Å²) in [6.45, 7) is 2.03. The summed E-state index contributed by atoms with van der Waals surface area (Å²) in [6, 6.07) is 7.72. The second kappa shape index (κ2) is 12.8. The quantitative estimate of drug-likeness (QED) is 0.0971. The monoisotopic (exact) mass is 742 g/mol. The van der Waals surface area contributed by atoms with Crippen LogP contribution in [-0.2, 0) is 23.7 Å². The molecule has 0 radical (unpaired) electrons. The molecule has 7 rings (SSSR count). The molecule has 0 spiro atoms. The Kier molecular flexibility index (Phi) is 8.69. The molecule has 5 aromatic rings. The lowest BCUT2D eigenvalue weighted by atomic mass is 9.73. The highest BCUT2D eigenvalue weighted by atomic mass is 35.5. The van der Waals surface area contributed by atoms with Crippen LogP contribution in [0.5, 0.6) is 0 Å². The number of carbonyl (C=O) groups is 1. The lowest BCUT2D eigenvalue weighted by Gasteiger charge is -2.34. The number of hydrogen-bond donors (Lipinski definition) is 3. The molecule has 1 aromatic carbocycles. The van der Waals surface area contributed by atoms with E-state index in [-0.39, 0.29) is 52.1 Å². The average Bonchev–Trinajstić information content (AvgIpc) is 3.64. The number of carbonyl (C=O) groups excluding carboxylic acids is 1. The number of pyridine rings is 2. The number of halogens is 7. The molecule has 2 aliphatic rings. The third-order valence-electron chi connectivity index (χ3n) is 9.21. The Morgan fingerprint density at radius 3 is 2.46 bits per heavy atom. The molecule has 1 fully saturated rings. The van der Waals surface area contributed by atoms with Crippen LogP contribution >= 0.6 is 11.6 Å². The van der Waals surface area contributed by atoms with Crippen molar-refractivity contribution in [3.8, 4) is 23.0 Å². The first kappa shape index (κ1) is 35.3. The van der Waals surface area contributed by atoms with Crippen LogP contribution in [0.3, 0.4) is 0 Å². The Morgan fingerprint density at radius 1 is 1.10 bits per heavy atom. The van der Waals surface area contributed by atoms with E-state index >= 15 is 8.78 Å². The average molecular weight is 743 g/mol. The van der Waals surface area contributed by atoms with Crippen molar-refractivity contribution in [3.05, 3.63) is 93.2 Å². The second-order valence-corrected chi connectivity index (χ2v) is 13.7. The number of amides is 1. The van der Waals surface area contributed by atoms with Crippen LogP contribution in [0.1, 0.15) is 79.0 Å². The number of aromatic nitrogens is 6. The molecule has 1 amide bonds. The molecule has 0 unspecified atom stereocenters. The van der Waals surface area contributed by atoms with Crippen LogP contribution in [0, 0.1) is 29.4 Å². The van der Waals surface area contributed by atoms with Gasteiger partial charge in [0.05, 0.1) is 11.7 Å². The minimum Gasteiger partial charge on any atom is -0.378 e. The van der Waals surface area contributed by atoms with Gasteiger partial charge < -0.3 is 16.2 Å². The first-order valence-corrected chi connectivity index (χ1v) is 16.5. The molecule has 0 aliphatic heterocycles. The zero-order valence-electron chi connectivity index (χ0n) is 27.4. The van der Waals surface area contributed by atoms with E-state index in [1.165, 1.54) is 30.4 Å². The number of nitrogens with one attached hydrogen (secondary N) is 1. The zero-order chi connectivity index (χ0) is 37.3. The Morgan fingerprint density at radius 2 is 1.81 bits per heavy atom. The summed E-state index contributed by atoms with van der Waals surface area (Å²) in [5, 5.41) is 24.9. The minimum absolute atomic E-state index is 0.0377. The van der Waals surface area contributed by atoms with Crippen LogP contribution in [0.25, 0.3) is 16.8 Å². The third kappa shape index (κ3) is 6.32.